The van der Waals surface area contributed by atoms with Gasteiger partial charge in [-0.1, -0.05) is 60.7 Å². The molecular formula is C19H15NO. The Balaban J connectivity index is 1.69. The van der Waals surface area contributed by atoms with E-state index in [1.165, 1.54) is 16.3 Å². The summed E-state index contributed by atoms with van der Waals surface area (Å²) in [7, 11) is 0. The molecular weight excluding hydrogens is 258 g/mol. The molecule has 0 spiro atoms. The number of aliphatic imine (C=N–C) groups is 1. The van der Waals surface area contributed by atoms with Crippen LogP contribution in [-0.4, -0.2) is 12.5 Å². The first-order chi connectivity index (χ1) is 10.4. The first-order valence-electron chi connectivity index (χ1n) is 7.15. The molecule has 0 bridgehead atoms. The summed E-state index contributed by atoms with van der Waals surface area (Å²) in [5.74, 6) is 0.745. The van der Waals surface area contributed by atoms with Crippen LogP contribution in [0.4, 0.5) is 0 Å². The maximum Gasteiger partial charge on any atom is 0.216 e. The van der Waals surface area contributed by atoms with Gasteiger partial charge in [-0.05, 0) is 28.5 Å². The van der Waals surface area contributed by atoms with Gasteiger partial charge in [0, 0.05) is 5.56 Å². The third-order valence-electron chi connectivity index (χ3n) is 3.83. The second-order valence-corrected chi connectivity index (χ2v) is 5.23. The lowest BCUT2D eigenvalue weighted by Crippen LogP contribution is -2.01. The summed E-state index contributed by atoms with van der Waals surface area (Å²) in [4.78, 5) is 4.73. The fourth-order valence-electron chi connectivity index (χ4n) is 2.70. The summed E-state index contributed by atoms with van der Waals surface area (Å²) in [5, 5.41) is 2.45. The number of hydrogen-bond donors (Lipinski definition) is 0. The van der Waals surface area contributed by atoms with Gasteiger partial charge in [0.25, 0.3) is 0 Å². The Labute approximate surface area is 123 Å². The van der Waals surface area contributed by atoms with Gasteiger partial charge in [0.05, 0.1) is 0 Å². The molecule has 0 aliphatic carbocycles. The Morgan fingerprint density at radius 1 is 0.810 bits per heavy atom. The van der Waals surface area contributed by atoms with Crippen LogP contribution in [0.25, 0.3) is 10.8 Å². The van der Waals surface area contributed by atoms with Crippen molar-refractivity contribution in [3.63, 3.8) is 0 Å². The zero-order chi connectivity index (χ0) is 14.1. The van der Waals surface area contributed by atoms with E-state index in [9.17, 15) is 0 Å². The highest BCUT2D eigenvalue weighted by molar-refractivity contribution is 5.99. The molecule has 2 heteroatoms. The van der Waals surface area contributed by atoms with Crippen LogP contribution in [0.15, 0.2) is 77.8 Å². The number of rotatable bonds is 2. The Hall–Kier alpha value is -2.61. The predicted molar refractivity (Wildman–Crippen MR) is 85.6 cm³/mol. The molecule has 3 aromatic rings. The maximum absolute atomic E-state index is 5.80. The van der Waals surface area contributed by atoms with Gasteiger partial charge in [-0.25, -0.2) is 4.99 Å². The predicted octanol–water partition coefficient (Wildman–Crippen LogP) is 4.36. The first kappa shape index (κ1) is 12.2. The second kappa shape index (κ2) is 5.06. The number of fused-ring (bicyclic) bond motifs is 1. The van der Waals surface area contributed by atoms with Crippen molar-refractivity contribution >= 4 is 16.7 Å². The van der Waals surface area contributed by atoms with Crippen molar-refractivity contribution in [2.24, 2.45) is 4.99 Å². The van der Waals surface area contributed by atoms with E-state index in [1.54, 1.807) is 0 Å². The average molecular weight is 273 g/mol. The molecule has 21 heavy (non-hydrogen) atoms. The van der Waals surface area contributed by atoms with Crippen LogP contribution in [0.5, 0.6) is 0 Å². The quantitative estimate of drug-likeness (QED) is 0.680. The molecule has 0 N–H and O–H groups in total. The van der Waals surface area contributed by atoms with Crippen LogP contribution in [0.2, 0.25) is 0 Å². The van der Waals surface area contributed by atoms with E-state index in [0.29, 0.717) is 6.61 Å². The zero-order valence-electron chi connectivity index (χ0n) is 11.6. The second-order valence-electron chi connectivity index (χ2n) is 5.23. The van der Waals surface area contributed by atoms with E-state index in [1.807, 2.05) is 18.2 Å². The molecule has 0 saturated heterocycles. The molecule has 0 aromatic heterocycles. The van der Waals surface area contributed by atoms with Crippen LogP contribution in [0.3, 0.4) is 0 Å². The van der Waals surface area contributed by atoms with Gasteiger partial charge in [0.15, 0.2) is 0 Å². The lowest BCUT2D eigenvalue weighted by molar-refractivity contribution is 0.320. The molecule has 3 aromatic carbocycles. The van der Waals surface area contributed by atoms with Gasteiger partial charge in [-0.2, -0.15) is 0 Å². The van der Waals surface area contributed by atoms with Crippen molar-refractivity contribution < 1.29 is 4.74 Å². The normalized spacial score (nSPS) is 17.5. The number of hydrogen-bond acceptors (Lipinski definition) is 2. The van der Waals surface area contributed by atoms with Crippen LogP contribution >= 0.6 is 0 Å². The summed E-state index contributed by atoms with van der Waals surface area (Å²) in [5.41, 5.74) is 2.25. The highest BCUT2D eigenvalue weighted by Crippen LogP contribution is 2.26. The molecule has 2 nitrogen and oxygen atoms in total. The van der Waals surface area contributed by atoms with Crippen molar-refractivity contribution in [1.29, 1.82) is 0 Å². The standard InChI is InChI=1S/C19H15NO/c1-2-7-15(8-3-1)18-13-21-19(20-18)17-11-10-14-6-4-5-9-16(14)12-17/h1-12,18H,13H2/t18-/m0/s1. The van der Waals surface area contributed by atoms with E-state index in [4.69, 9.17) is 9.73 Å². The molecule has 4 rings (SSSR count). The number of benzene rings is 3. The van der Waals surface area contributed by atoms with Gasteiger partial charge in [0.2, 0.25) is 5.90 Å². The molecule has 1 aliphatic heterocycles. The number of ether oxygens (including phenoxy) is 1. The summed E-state index contributed by atoms with van der Waals surface area (Å²) in [6.07, 6.45) is 0. The lowest BCUT2D eigenvalue weighted by atomic mass is 10.1. The molecule has 0 saturated carbocycles. The molecule has 0 unspecified atom stereocenters. The van der Waals surface area contributed by atoms with Crippen molar-refractivity contribution in [3.8, 4) is 0 Å². The Kier molecular flexibility index (Phi) is 2.93. The first-order valence-corrected chi connectivity index (χ1v) is 7.15. The van der Waals surface area contributed by atoms with Gasteiger partial charge in [-0.15, -0.1) is 0 Å². The van der Waals surface area contributed by atoms with Gasteiger partial charge in [-0.3, -0.25) is 0 Å². The SMILES string of the molecule is c1ccc([C@@H]2COC(c3ccc4ccccc4c3)=N2)cc1. The maximum atomic E-state index is 5.80. The van der Waals surface area contributed by atoms with Gasteiger partial charge < -0.3 is 4.74 Å². The molecule has 1 aliphatic rings. The van der Waals surface area contributed by atoms with Crippen LogP contribution in [0.1, 0.15) is 17.2 Å². The molecule has 1 heterocycles. The van der Waals surface area contributed by atoms with Crippen LogP contribution in [-0.2, 0) is 4.74 Å². The summed E-state index contributed by atoms with van der Waals surface area (Å²) in [6.45, 7) is 0.617. The smallest absolute Gasteiger partial charge is 0.216 e. The van der Waals surface area contributed by atoms with E-state index >= 15 is 0 Å². The highest BCUT2D eigenvalue weighted by atomic mass is 16.5. The van der Waals surface area contributed by atoms with Crippen molar-refractivity contribution in [2.45, 2.75) is 6.04 Å². The topological polar surface area (TPSA) is 21.6 Å². The molecule has 102 valence electrons. The Morgan fingerprint density at radius 3 is 2.43 bits per heavy atom. The minimum absolute atomic E-state index is 0.104. The van der Waals surface area contributed by atoms with E-state index in [2.05, 4.69) is 54.6 Å². The summed E-state index contributed by atoms with van der Waals surface area (Å²) >= 11 is 0. The highest BCUT2D eigenvalue weighted by Gasteiger charge is 2.21. The Morgan fingerprint density at radius 2 is 1.57 bits per heavy atom. The van der Waals surface area contributed by atoms with E-state index in [0.717, 1.165) is 11.5 Å². The van der Waals surface area contributed by atoms with E-state index in [-0.39, 0.29) is 6.04 Å². The largest absolute Gasteiger partial charge is 0.475 e. The summed E-state index contributed by atoms with van der Waals surface area (Å²) < 4.78 is 5.80. The number of nitrogens with zero attached hydrogens (tertiary/aromatic N) is 1. The van der Waals surface area contributed by atoms with Gasteiger partial charge >= 0.3 is 0 Å². The van der Waals surface area contributed by atoms with Crippen molar-refractivity contribution in [1.82, 2.24) is 0 Å². The fraction of sp³-hybridized carbons (Fsp3) is 0.105. The fourth-order valence-corrected chi connectivity index (χ4v) is 2.70. The van der Waals surface area contributed by atoms with Crippen molar-refractivity contribution in [3.05, 3.63) is 83.9 Å². The minimum Gasteiger partial charge on any atom is -0.475 e. The zero-order valence-corrected chi connectivity index (χ0v) is 11.6. The minimum atomic E-state index is 0.104. The van der Waals surface area contributed by atoms with Gasteiger partial charge in [0.1, 0.15) is 12.6 Å². The molecule has 1 atom stereocenters. The van der Waals surface area contributed by atoms with Crippen LogP contribution in [0, 0.1) is 0 Å². The third-order valence-corrected chi connectivity index (χ3v) is 3.83. The monoisotopic (exact) mass is 273 g/mol. The average Bonchev–Trinajstić information content (AvgIpc) is 3.05. The third kappa shape index (κ3) is 2.29. The lowest BCUT2D eigenvalue weighted by Gasteiger charge is -2.03. The summed E-state index contributed by atoms with van der Waals surface area (Å²) in [6, 6.07) is 25.1. The molecule has 0 amide bonds. The van der Waals surface area contributed by atoms with Crippen molar-refractivity contribution in [2.75, 3.05) is 6.61 Å². The molecule has 0 fully saturated rings. The van der Waals surface area contributed by atoms with E-state index < -0.39 is 0 Å². The Bertz CT molecular complexity index is 808. The van der Waals surface area contributed by atoms with Crippen LogP contribution < -0.4 is 0 Å². The molecule has 0 radical (unpaired) electrons.